The highest BCUT2D eigenvalue weighted by molar-refractivity contribution is 7.81. The quantitative estimate of drug-likeness (QED) is 0.705. The van der Waals surface area contributed by atoms with E-state index in [0.717, 1.165) is 10.2 Å². The largest absolute Gasteiger partial charge is 0.463 e. The predicted octanol–water partition coefficient (Wildman–Crippen LogP) is 2.48. The van der Waals surface area contributed by atoms with Crippen LogP contribution in [0.4, 0.5) is 5.69 Å². The molecule has 0 atom stereocenters. The Labute approximate surface area is 118 Å². The van der Waals surface area contributed by atoms with Gasteiger partial charge in [-0.15, -0.1) is 11.3 Å². The number of aryl methyl sites for hydroxylation is 1. The molecule has 3 heterocycles. The first-order valence-corrected chi connectivity index (χ1v) is 6.70. The number of nitrogens with zero attached hydrogens (tertiary/aromatic N) is 2. The summed E-state index contributed by atoms with van der Waals surface area (Å²) in [6, 6.07) is 3.63. The van der Waals surface area contributed by atoms with Gasteiger partial charge in [0, 0.05) is 0 Å². The molecule has 3 aromatic rings. The van der Waals surface area contributed by atoms with Gasteiger partial charge < -0.3 is 15.9 Å². The fourth-order valence-corrected chi connectivity index (χ4v) is 3.13. The minimum absolute atomic E-state index is 0.267. The first-order valence-electron chi connectivity index (χ1n) is 5.48. The number of furan rings is 1. The van der Waals surface area contributed by atoms with E-state index >= 15 is 0 Å². The summed E-state index contributed by atoms with van der Waals surface area (Å²) >= 11 is 6.38. The summed E-state index contributed by atoms with van der Waals surface area (Å²) in [5, 5.41) is 0.744. The standard InChI is InChI=1S/C12H10N4OS2/c1-5-15-9(6-3-2-4-17-6)7-8(13)10(11(14)18)19-12(7)16-5/h2-4H,13H2,1H3,(H2,14,18). The van der Waals surface area contributed by atoms with Crippen molar-refractivity contribution in [3.8, 4) is 11.5 Å². The summed E-state index contributed by atoms with van der Waals surface area (Å²) in [6.45, 7) is 1.82. The second kappa shape index (κ2) is 4.29. The van der Waals surface area contributed by atoms with E-state index in [-0.39, 0.29) is 4.99 Å². The number of nitrogens with two attached hydrogens (primary N) is 2. The van der Waals surface area contributed by atoms with Crippen LogP contribution < -0.4 is 11.5 Å². The smallest absolute Gasteiger partial charge is 0.153 e. The molecule has 4 N–H and O–H groups in total. The third-order valence-electron chi connectivity index (χ3n) is 2.68. The van der Waals surface area contributed by atoms with Crippen molar-refractivity contribution in [3.05, 3.63) is 29.1 Å². The molecule has 0 radical (unpaired) electrons. The van der Waals surface area contributed by atoms with Crippen LogP contribution in [-0.2, 0) is 0 Å². The zero-order valence-corrected chi connectivity index (χ0v) is 11.6. The Balaban J connectivity index is 2.41. The molecule has 0 aliphatic carbocycles. The first kappa shape index (κ1) is 12.1. The van der Waals surface area contributed by atoms with E-state index in [1.165, 1.54) is 11.3 Å². The van der Waals surface area contributed by atoms with Gasteiger partial charge in [-0.1, -0.05) is 12.2 Å². The van der Waals surface area contributed by atoms with Gasteiger partial charge in [0.25, 0.3) is 0 Å². The van der Waals surface area contributed by atoms with Gasteiger partial charge >= 0.3 is 0 Å². The van der Waals surface area contributed by atoms with Crippen LogP contribution in [0.3, 0.4) is 0 Å². The van der Waals surface area contributed by atoms with Gasteiger partial charge in [0.2, 0.25) is 0 Å². The molecule has 0 saturated carbocycles. The summed E-state index contributed by atoms with van der Waals surface area (Å²) < 4.78 is 5.40. The summed E-state index contributed by atoms with van der Waals surface area (Å²) in [6.07, 6.45) is 1.59. The maximum absolute atomic E-state index is 6.12. The van der Waals surface area contributed by atoms with Crippen molar-refractivity contribution in [1.82, 2.24) is 9.97 Å². The van der Waals surface area contributed by atoms with Gasteiger partial charge in [-0.25, -0.2) is 9.97 Å². The van der Waals surface area contributed by atoms with Crippen molar-refractivity contribution >= 4 is 44.4 Å². The van der Waals surface area contributed by atoms with Crippen LogP contribution in [0.5, 0.6) is 0 Å². The lowest BCUT2D eigenvalue weighted by Gasteiger charge is -2.02. The summed E-state index contributed by atoms with van der Waals surface area (Å²) in [7, 11) is 0. The maximum atomic E-state index is 6.12. The molecule has 0 aliphatic heterocycles. The van der Waals surface area contributed by atoms with Crippen molar-refractivity contribution < 1.29 is 4.42 Å². The molecule has 19 heavy (non-hydrogen) atoms. The molecule has 3 aromatic heterocycles. The fraction of sp³-hybridized carbons (Fsp3) is 0.0833. The van der Waals surface area contributed by atoms with E-state index in [0.29, 0.717) is 27.8 Å². The lowest BCUT2D eigenvalue weighted by molar-refractivity contribution is 0.580. The van der Waals surface area contributed by atoms with Crippen molar-refractivity contribution in [3.63, 3.8) is 0 Å². The molecule has 7 heteroatoms. The van der Waals surface area contributed by atoms with Crippen molar-refractivity contribution in [2.75, 3.05) is 5.73 Å². The SMILES string of the molecule is Cc1nc(-c2ccco2)c2c(N)c(C(N)=S)sc2n1. The lowest BCUT2D eigenvalue weighted by atomic mass is 10.2. The highest BCUT2D eigenvalue weighted by atomic mass is 32.1. The fourth-order valence-electron chi connectivity index (χ4n) is 1.90. The number of hydrogen-bond donors (Lipinski definition) is 2. The van der Waals surface area contributed by atoms with E-state index in [9.17, 15) is 0 Å². The minimum Gasteiger partial charge on any atom is -0.463 e. The van der Waals surface area contributed by atoms with E-state index in [4.69, 9.17) is 28.1 Å². The number of fused-ring (bicyclic) bond motifs is 1. The van der Waals surface area contributed by atoms with Gasteiger partial charge in [-0.2, -0.15) is 0 Å². The molecule has 0 fully saturated rings. The number of thiophene rings is 1. The monoisotopic (exact) mass is 290 g/mol. The van der Waals surface area contributed by atoms with E-state index in [1.54, 1.807) is 12.3 Å². The summed E-state index contributed by atoms with van der Waals surface area (Å²) in [4.78, 5) is 10.5. The molecule has 5 nitrogen and oxygen atoms in total. The summed E-state index contributed by atoms with van der Waals surface area (Å²) in [5.74, 6) is 1.30. The van der Waals surface area contributed by atoms with Crippen LogP contribution in [-0.4, -0.2) is 15.0 Å². The molecule has 0 saturated heterocycles. The third kappa shape index (κ3) is 1.87. The Morgan fingerprint density at radius 3 is 2.84 bits per heavy atom. The number of anilines is 1. The van der Waals surface area contributed by atoms with Crippen LogP contribution in [0, 0.1) is 6.92 Å². The van der Waals surface area contributed by atoms with E-state index in [2.05, 4.69) is 9.97 Å². The average molecular weight is 290 g/mol. The van der Waals surface area contributed by atoms with Crippen LogP contribution >= 0.6 is 23.6 Å². The zero-order valence-electron chi connectivity index (χ0n) is 10.0. The molecule has 3 rings (SSSR count). The van der Waals surface area contributed by atoms with Crippen LogP contribution in [0.2, 0.25) is 0 Å². The second-order valence-corrected chi connectivity index (χ2v) is 5.42. The molecular formula is C12H10N4OS2. The van der Waals surface area contributed by atoms with Gasteiger partial charge in [-0.3, -0.25) is 0 Å². The number of thiocarbonyl (C=S) groups is 1. The number of nitrogen functional groups attached to an aromatic ring is 1. The van der Waals surface area contributed by atoms with Crippen LogP contribution in [0.25, 0.3) is 21.7 Å². The summed E-state index contributed by atoms with van der Waals surface area (Å²) in [5.41, 5.74) is 13.0. The van der Waals surface area contributed by atoms with Crippen molar-refractivity contribution in [1.29, 1.82) is 0 Å². The Morgan fingerprint density at radius 1 is 1.42 bits per heavy atom. The van der Waals surface area contributed by atoms with Gasteiger partial charge in [-0.05, 0) is 19.1 Å². The maximum Gasteiger partial charge on any atom is 0.153 e. The predicted molar refractivity (Wildman–Crippen MR) is 80.2 cm³/mol. The molecule has 0 amide bonds. The van der Waals surface area contributed by atoms with Crippen molar-refractivity contribution in [2.45, 2.75) is 6.92 Å². The molecule has 0 unspecified atom stereocenters. The van der Waals surface area contributed by atoms with Gasteiger partial charge in [0.1, 0.15) is 21.3 Å². The zero-order chi connectivity index (χ0) is 13.6. The molecule has 96 valence electrons. The minimum atomic E-state index is 0.267. The second-order valence-electron chi connectivity index (χ2n) is 3.99. The van der Waals surface area contributed by atoms with E-state index < -0.39 is 0 Å². The topological polar surface area (TPSA) is 91.0 Å². The Morgan fingerprint density at radius 2 is 2.21 bits per heavy atom. The third-order valence-corrected chi connectivity index (χ3v) is 4.14. The molecular weight excluding hydrogens is 280 g/mol. The number of rotatable bonds is 2. The average Bonchev–Trinajstić information content (AvgIpc) is 2.96. The first-order chi connectivity index (χ1) is 9.08. The van der Waals surface area contributed by atoms with Crippen LogP contribution in [0.15, 0.2) is 22.8 Å². The molecule has 0 aliphatic rings. The highest BCUT2D eigenvalue weighted by Crippen LogP contribution is 2.38. The lowest BCUT2D eigenvalue weighted by Crippen LogP contribution is -2.09. The Bertz CT molecular complexity index is 777. The molecule has 0 bridgehead atoms. The van der Waals surface area contributed by atoms with Crippen molar-refractivity contribution in [2.24, 2.45) is 5.73 Å². The van der Waals surface area contributed by atoms with Gasteiger partial charge in [0.05, 0.1) is 22.2 Å². The highest BCUT2D eigenvalue weighted by Gasteiger charge is 2.19. The molecule has 0 aromatic carbocycles. The van der Waals surface area contributed by atoms with Crippen LogP contribution in [0.1, 0.15) is 10.7 Å². The number of hydrogen-bond acceptors (Lipinski definition) is 6. The number of aromatic nitrogens is 2. The van der Waals surface area contributed by atoms with Gasteiger partial charge in [0.15, 0.2) is 5.76 Å². The normalized spacial score (nSPS) is 11.0. The Hall–Kier alpha value is -1.99. The Kier molecular flexibility index (Phi) is 2.72. The van der Waals surface area contributed by atoms with E-state index in [1.807, 2.05) is 13.0 Å². The molecule has 0 spiro atoms.